The van der Waals surface area contributed by atoms with Crippen LogP contribution in [0.5, 0.6) is 5.75 Å². The molecule has 9 nitrogen and oxygen atoms in total. The molecule has 0 saturated carbocycles. The van der Waals surface area contributed by atoms with Crippen LogP contribution < -0.4 is 20.7 Å². The van der Waals surface area contributed by atoms with Gasteiger partial charge in [0.25, 0.3) is 17.7 Å². The maximum atomic E-state index is 12.6. The number of para-hydroxylation sites is 2. The molecule has 0 atom stereocenters. The topological polar surface area (TPSA) is 123 Å². The largest absolute Gasteiger partial charge is 0.484 e. The molecule has 3 rings (SSSR count). The number of rotatable bonds is 11. The number of hydrogen-bond donors (Lipinski definition) is 3. The molecule has 0 aliphatic carbocycles. The van der Waals surface area contributed by atoms with E-state index in [1.807, 2.05) is 37.3 Å². The van der Waals surface area contributed by atoms with Gasteiger partial charge in [-0.3, -0.25) is 19.2 Å². The third-order valence-corrected chi connectivity index (χ3v) is 4.93. The maximum Gasteiger partial charge on any atom is 0.325 e. The van der Waals surface area contributed by atoms with Crippen molar-refractivity contribution in [2.24, 2.45) is 0 Å². The number of aryl methyl sites for hydroxylation is 1. The summed E-state index contributed by atoms with van der Waals surface area (Å²) in [6, 6.07) is 23.0. The highest BCUT2D eigenvalue weighted by Gasteiger charge is 2.15. The number of carbonyl (C=O) groups is 4. The number of nitrogens with one attached hydrogen (secondary N) is 3. The highest BCUT2D eigenvalue weighted by atomic mass is 16.5. The number of ether oxygens (including phenoxy) is 2. The van der Waals surface area contributed by atoms with E-state index in [-0.39, 0.29) is 23.8 Å². The van der Waals surface area contributed by atoms with E-state index in [1.54, 1.807) is 48.5 Å². The standard InChI is InChI=1S/C27H27N3O6/c1-19-11-13-20(14-12-19)15-29-27(34)22-9-5-6-10-23(22)30-25(32)18-36-26(33)16-28-24(31)17-35-21-7-3-2-4-8-21/h2-14H,15-18H2,1H3,(H,28,31)(H,29,34)(H,30,32). The van der Waals surface area contributed by atoms with Crippen molar-refractivity contribution in [2.75, 3.05) is 25.1 Å². The van der Waals surface area contributed by atoms with Gasteiger partial charge in [-0.2, -0.15) is 0 Å². The van der Waals surface area contributed by atoms with E-state index in [0.29, 0.717) is 12.3 Å². The molecule has 186 valence electrons. The molecule has 0 bridgehead atoms. The summed E-state index contributed by atoms with van der Waals surface area (Å²) in [5.41, 5.74) is 2.63. The summed E-state index contributed by atoms with van der Waals surface area (Å²) in [4.78, 5) is 48.6. The summed E-state index contributed by atoms with van der Waals surface area (Å²) in [5, 5.41) is 7.75. The highest BCUT2D eigenvalue weighted by Crippen LogP contribution is 2.15. The Morgan fingerprint density at radius 1 is 0.750 bits per heavy atom. The first-order valence-electron chi connectivity index (χ1n) is 11.2. The minimum atomic E-state index is -0.790. The van der Waals surface area contributed by atoms with Crippen molar-refractivity contribution in [2.45, 2.75) is 13.5 Å². The predicted octanol–water partition coefficient (Wildman–Crippen LogP) is 2.60. The lowest BCUT2D eigenvalue weighted by atomic mass is 10.1. The van der Waals surface area contributed by atoms with Crippen LogP contribution in [0, 0.1) is 6.92 Å². The summed E-state index contributed by atoms with van der Waals surface area (Å²) in [5.74, 6) is -1.76. The summed E-state index contributed by atoms with van der Waals surface area (Å²) in [6.45, 7) is 1.06. The van der Waals surface area contributed by atoms with E-state index in [4.69, 9.17) is 9.47 Å². The summed E-state index contributed by atoms with van der Waals surface area (Å²) in [6.07, 6.45) is 0. The number of benzene rings is 3. The monoisotopic (exact) mass is 489 g/mol. The quantitative estimate of drug-likeness (QED) is 0.356. The molecule has 0 unspecified atom stereocenters. The normalized spacial score (nSPS) is 10.1. The van der Waals surface area contributed by atoms with Gasteiger partial charge in [0.15, 0.2) is 13.2 Å². The van der Waals surface area contributed by atoms with Gasteiger partial charge in [-0.15, -0.1) is 0 Å². The lowest BCUT2D eigenvalue weighted by Gasteiger charge is -2.12. The van der Waals surface area contributed by atoms with Crippen molar-refractivity contribution >= 4 is 29.4 Å². The summed E-state index contributed by atoms with van der Waals surface area (Å²) in [7, 11) is 0. The van der Waals surface area contributed by atoms with Crippen molar-refractivity contribution in [1.82, 2.24) is 10.6 Å². The number of amides is 3. The van der Waals surface area contributed by atoms with E-state index in [1.165, 1.54) is 0 Å². The molecule has 3 aromatic carbocycles. The van der Waals surface area contributed by atoms with Crippen LogP contribution in [0.2, 0.25) is 0 Å². The first-order valence-corrected chi connectivity index (χ1v) is 11.2. The number of carbonyl (C=O) groups excluding carboxylic acids is 4. The minimum Gasteiger partial charge on any atom is -0.484 e. The van der Waals surface area contributed by atoms with Gasteiger partial charge in [0.05, 0.1) is 11.3 Å². The first-order chi connectivity index (χ1) is 17.4. The Morgan fingerprint density at radius 2 is 1.44 bits per heavy atom. The molecule has 0 heterocycles. The molecule has 36 heavy (non-hydrogen) atoms. The van der Waals surface area contributed by atoms with Crippen molar-refractivity contribution in [3.05, 3.63) is 95.6 Å². The molecule has 0 aromatic heterocycles. The van der Waals surface area contributed by atoms with Crippen LogP contribution in [-0.4, -0.2) is 43.4 Å². The van der Waals surface area contributed by atoms with Crippen molar-refractivity contribution in [1.29, 1.82) is 0 Å². The van der Waals surface area contributed by atoms with Crippen molar-refractivity contribution in [3.8, 4) is 5.75 Å². The fraction of sp³-hybridized carbons (Fsp3) is 0.185. The third-order valence-electron chi connectivity index (χ3n) is 4.93. The third kappa shape index (κ3) is 8.60. The van der Waals surface area contributed by atoms with Crippen LogP contribution in [0.1, 0.15) is 21.5 Å². The molecule has 0 spiro atoms. The molecule has 0 saturated heterocycles. The zero-order valence-corrected chi connectivity index (χ0v) is 19.8. The Kier molecular flexibility index (Phi) is 9.58. The van der Waals surface area contributed by atoms with Gasteiger partial charge in [0, 0.05) is 6.54 Å². The second-order valence-corrected chi connectivity index (χ2v) is 7.80. The van der Waals surface area contributed by atoms with Crippen LogP contribution in [0.4, 0.5) is 5.69 Å². The molecule has 3 aromatic rings. The maximum absolute atomic E-state index is 12.6. The molecular weight excluding hydrogens is 462 g/mol. The molecular formula is C27H27N3O6. The van der Waals surface area contributed by atoms with Crippen molar-refractivity contribution < 1.29 is 28.7 Å². The van der Waals surface area contributed by atoms with Crippen LogP contribution in [-0.2, 0) is 25.7 Å². The predicted molar refractivity (Wildman–Crippen MR) is 133 cm³/mol. The highest BCUT2D eigenvalue weighted by molar-refractivity contribution is 6.04. The molecule has 3 amide bonds. The fourth-order valence-corrected chi connectivity index (χ4v) is 3.04. The zero-order valence-electron chi connectivity index (χ0n) is 19.8. The van der Waals surface area contributed by atoms with E-state index in [0.717, 1.165) is 11.1 Å². The average molecular weight is 490 g/mol. The smallest absolute Gasteiger partial charge is 0.325 e. The van der Waals surface area contributed by atoms with Gasteiger partial charge < -0.3 is 25.4 Å². The molecule has 0 aliphatic rings. The van der Waals surface area contributed by atoms with E-state index in [2.05, 4.69) is 16.0 Å². The zero-order chi connectivity index (χ0) is 25.8. The Labute approximate surface area is 208 Å². The lowest BCUT2D eigenvalue weighted by molar-refractivity contribution is -0.147. The Balaban J connectivity index is 1.40. The van der Waals surface area contributed by atoms with Gasteiger partial charge in [-0.05, 0) is 36.8 Å². The lowest BCUT2D eigenvalue weighted by Crippen LogP contribution is -2.35. The first kappa shape index (κ1) is 26.0. The number of anilines is 1. The Hall–Kier alpha value is -4.66. The second-order valence-electron chi connectivity index (χ2n) is 7.80. The SMILES string of the molecule is Cc1ccc(CNC(=O)c2ccccc2NC(=O)COC(=O)CNC(=O)COc2ccccc2)cc1. The fourth-order valence-electron chi connectivity index (χ4n) is 3.04. The number of esters is 1. The Morgan fingerprint density at radius 3 is 2.19 bits per heavy atom. The second kappa shape index (κ2) is 13.3. The molecule has 9 heteroatoms. The van der Waals surface area contributed by atoms with E-state index < -0.39 is 30.9 Å². The summed E-state index contributed by atoms with van der Waals surface area (Å²) >= 11 is 0. The van der Waals surface area contributed by atoms with Crippen LogP contribution in [0.15, 0.2) is 78.9 Å². The van der Waals surface area contributed by atoms with Gasteiger partial charge in [-0.1, -0.05) is 60.2 Å². The molecule has 3 N–H and O–H groups in total. The van der Waals surface area contributed by atoms with Crippen molar-refractivity contribution in [3.63, 3.8) is 0 Å². The summed E-state index contributed by atoms with van der Waals surface area (Å²) < 4.78 is 10.2. The van der Waals surface area contributed by atoms with Gasteiger partial charge in [-0.25, -0.2) is 0 Å². The van der Waals surface area contributed by atoms with Crippen LogP contribution >= 0.6 is 0 Å². The minimum absolute atomic E-state index is 0.263. The molecule has 0 aliphatic heterocycles. The molecule has 0 radical (unpaired) electrons. The van der Waals surface area contributed by atoms with Crippen LogP contribution in [0.25, 0.3) is 0 Å². The van der Waals surface area contributed by atoms with Gasteiger partial charge >= 0.3 is 5.97 Å². The van der Waals surface area contributed by atoms with E-state index in [9.17, 15) is 19.2 Å². The Bertz CT molecular complexity index is 1200. The van der Waals surface area contributed by atoms with Crippen LogP contribution in [0.3, 0.4) is 0 Å². The average Bonchev–Trinajstić information content (AvgIpc) is 2.90. The number of hydrogen-bond acceptors (Lipinski definition) is 6. The molecule has 0 fully saturated rings. The van der Waals surface area contributed by atoms with E-state index >= 15 is 0 Å². The van der Waals surface area contributed by atoms with Gasteiger partial charge in [0.2, 0.25) is 0 Å². The van der Waals surface area contributed by atoms with Gasteiger partial charge in [0.1, 0.15) is 12.3 Å².